The first kappa shape index (κ1) is 21.7. The van der Waals surface area contributed by atoms with Crippen molar-refractivity contribution in [1.82, 2.24) is 15.1 Å². The average Bonchev–Trinajstić information content (AvgIpc) is 3.66. The second-order valence-corrected chi connectivity index (χ2v) is 8.47. The Morgan fingerprint density at radius 1 is 0.935 bits per heavy atom. The Morgan fingerprint density at radius 2 is 1.52 bits per heavy atom. The first-order valence-corrected chi connectivity index (χ1v) is 11.2. The molecule has 1 aliphatic heterocycles. The van der Waals surface area contributed by atoms with Gasteiger partial charge in [0.2, 0.25) is 5.91 Å². The molecule has 1 amide bonds. The van der Waals surface area contributed by atoms with Gasteiger partial charge in [0.15, 0.2) is 0 Å². The number of methoxy groups -OCH3 is 2. The summed E-state index contributed by atoms with van der Waals surface area (Å²) in [5, 5.41) is 3.54. The SMILES string of the molecule is COc1ccc(CN2CCN(C(=O)CNC(c3ccc(OC)cc3)C3CC3)CC2)cc1. The Morgan fingerprint density at radius 3 is 2.06 bits per heavy atom. The van der Waals surface area contributed by atoms with Crippen LogP contribution in [0.1, 0.15) is 30.0 Å². The normalized spacial score (nSPS) is 17.9. The van der Waals surface area contributed by atoms with Gasteiger partial charge in [-0.2, -0.15) is 0 Å². The summed E-state index contributed by atoms with van der Waals surface area (Å²) >= 11 is 0. The maximum atomic E-state index is 12.8. The molecule has 1 N–H and O–H groups in total. The summed E-state index contributed by atoms with van der Waals surface area (Å²) in [6.45, 7) is 4.68. The Labute approximate surface area is 185 Å². The van der Waals surface area contributed by atoms with Crippen LogP contribution in [-0.4, -0.2) is 62.7 Å². The highest BCUT2D eigenvalue weighted by Crippen LogP contribution is 2.41. The van der Waals surface area contributed by atoms with Crippen LogP contribution in [0, 0.1) is 5.92 Å². The number of piperazine rings is 1. The molecule has 1 heterocycles. The van der Waals surface area contributed by atoms with Crippen LogP contribution in [0.2, 0.25) is 0 Å². The maximum Gasteiger partial charge on any atom is 0.236 e. The highest BCUT2D eigenvalue weighted by Gasteiger charge is 2.33. The number of benzene rings is 2. The molecule has 1 saturated heterocycles. The lowest BCUT2D eigenvalue weighted by Crippen LogP contribution is -2.50. The fourth-order valence-corrected chi connectivity index (χ4v) is 4.25. The molecule has 0 spiro atoms. The number of ether oxygens (including phenoxy) is 2. The summed E-state index contributed by atoms with van der Waals surface area (Å²) < 4.78 is 10.5. The van der Waals surface area contributed by atoms with Gasteiger partial charge in [0.1, 0.15) is 11.5 Å². The van der Waals surface area contributed by atoms with Crippen molar-refractivity contribution in [2.75, 3.05) is 46.9 Å². The van der Waals surface area contributed by atoms with E-state index in [0.29, 0.717) is 12.5 Å². The van der Waals surface area contributed by atoms with Crippen LogP contribution >= 0.6 is 0 Å². The van der Waals surface area contributed by atoms with Gasteiger partial charge in [-0.3, -0.25) is 9.69 Å². The van der Waals surface area contributed by atoms with Crippen molar-refractivity contribution in [1.29, 1.82) is 0 Å². The predicted molar refractivity (Wildman–Crippen MR) is 121 cm³/mol. The quantitative estimate of drug-likeness (QED) is 0.672. The zero-order valence-electron chi connectivity index (χ0n) is 18.5. The van der Waals surface area contributed by atoms with E-state index in [9.17, 15) is 4.79 Å². The molecule has 0 radical (unpaired) electrons. The van der Waals surface area contributed by atoms with E-state index in [4.69, 9.17) is 9.47 Å². The van der Waals surface area contributed by atoms with E-state index in [-0.39, 0.29) is 11.9 Å². The molecule has 4 rings (SSSR count). The number of carbonyl (C=O) groups is 1. The third kappa shape index (κ3) is 5.77. The Bertz CT molecular complexity index is 841. The number of rotatable bonds is 9. The number of nitrogens with one attached hydrogen (secondary N) is 1. The molecule has 31 heavy (non-hydrogen) atoms. The molecule has 1 aliphatic carbocycles. The zero-order chi connectivity index (χ0) is 21.6. The number of hydrogen-bond donors (Lipinski definition) is 1. The lowest BCUT2D eigenvalue weighted by molar-refractivity contribution is -0.132. The topological polar surface area (TPSA) is 54.0 Å². The molecule has 166 valence electrons. The molecule has 1 atom stereocenters. The van der Waals surface area contributed by atoms with Crippen LogP contribution in [0.3, 0.4) is 0 Å². The first-order chi connectivity index (χ1) is 15.2. The van der Waals surface area contributed by atoms with Crippen molar-refractivity contribution in [3.8, 4) is 11.5 Å². The van der Waals surface area contributed by atoms with Crippen LogP contribution in [-0.2, 0) is 11.3 Å². The standard InChI is InChI=1S/C25H33N3O3/c1-30-22-9-3-19(4-10-22)18-27-13-15-28(16-14-27)24(29)17-26-25(20-5-6-20)21-7-11-23(31-2)12-8-21/h3-4,7-12,20,25-26H,5-6,13-18H2,1-2H3. The Balaban J connectivity index is 1.24. The molecule has 2 fully saturated rings. The minimum absolute atomic E-state index is 0.197. The summed E-state index contributed by atoms with van der Waals surface area (Å²) in [5.41, 5.74) is 2.51. The predicted octanol–water partition coefficient (Wildman–Crippen LogP) is 3.09. The molecule has 2 aromatic rings. The lowest BCUT2D eigenvalue weighted by atomic mass is 10.0. The van der Waals surface area contributed by atoms with Gasteiger partial charge in [0.05, 0.1) is 20.8 Å². The number of carbonyl (C=O) groups excluding carboxylic acids is 1. The maximum absolute atomic E-state index is 12.8. The molecule has 6 nitrogen and oxygen atoms in total. The van der Waals surface area contributed by atoms with Crippen molar-refractivity contribution in [3.63, 3.8) is 0 Å². The van der Waals surface area contributed by atoms with E-state index in [1.165, 1.54) is 24.0 Å². The van der Waals surface area contributed by atoms with Crippen molar-refractivity contribution in [2.24, 2.45) is 5.92 Å². The first-order valence-electron chi connectivity index (χ1n) is 11.2. The van der Waals surface area contributed by atoms with Gasteiger partial charge in [-0.25, -0.2) is 0 Å². The summed E-state index contributed by atoms with van der Waals surface area (Å²) in [6.07, 6.45) is 2.45. The number of hydrogen-bond acceptors (Lipinski definition) is 5. The second-order valence-electron chi connectivity index (χ2n) is 8.47. The molecule has 2 aromatic carbocycles. The molecule has 1 unspecified atom stereocenters. The largest absolute Gasteiger partial charge is 0.497 e. The Kier molecular flexibility index (Phi) is 7.10. The third-order valence-corrected chi connectivity index (χ3v) is 6.33. The summed E-state index contributed by atoms with van der Waals surface area (Å²) in [6, 6.07) is 16.7. The van der Waals surface area contributed by atoms with E-state index in [0.717, 1.165) is 44.2 Å². The van der Waals surface area contributed by atoms with E-state index >= 15 is 0 Å². The zero-order valence-corrected chi connectivity index (χ0v) is 18.5. The highest BCUT2D eigenvalue weighted by atomic mass is 16.5. The van der Waals surface area contributed by atoms with E-state index < -0.39 is 0 Å². The Hall–Kier alpha value is -2.57. The summed E-state index contributed by atoms with van der Waals surface area (Å²) in [7, 11) is 3.37. The van der Waals surface area contributed by atoms with Gasteiger partial charge in [-0.1, -0.05) is 24.3 Å². The van der Waals surface area contributed by atoms with Crippen LogP contribution < -0.4 is 14.8 Å². The van der Waals surface area contributed by atoms with Crippen LogP contribution in [0.15, 0.2) is 48.5 Å². The summed E-state index contributed by atoms with van der Waals surface area (Å²) in [5.74, 6) is 2.57. The van der Waals surface area contributed by atoms with Crippen molar-refractivity contribution in [3.05, 3.63) is 59.7 Å². The van der Waals surface area contributed by atoms with Gasteiger partial charge < -0.3 is 19.7 Å². The van der Waals surface area contributed by atoms with Gasteiger partial charge in [-0.05, 0) is 54.2 Å². The van der Waals surface area contributed by atoms with Crippen molar-refractivity contribution in [2.45, 2.75) is 25.4 Å². The molecule has 6 heteroatoms. The van der Waals surface area contributed by atoms with Crippen LogP contribution in [0.5, 0.6) is 11.5 Å². The van der Waals surface area contributed by atoms with Gasteiger partial charge in [-0.15, -0.1) is 0 Å². The van der Waals surface area contributed by atoms with Crippen LogP contribution in [0.25, 0.3) is 0 Å². The fourth-order valence-electron chi connectivity index (χ4n) is 4.25. The van der Waals surface area contributed by atoms with E-state index in [1.807, 2.05) is 29.2 Å². The molecule has 1 saturated carbocycles. The van der Waals surface area contributed by atoms with Crippen molar-refractivity contribution >= 4 is 5.91 Å². The van der Waals surface area contributed by atoms with E-state index in [2.05, 4.69) is 34.5 Å². The third-order valence-electron chi connectivity index (χ3n) is 6.33. The molecule has 0 bridgehead atoms. The number of amides is 1. The number of nitrogens with zero attached hydrogens (tertiary/aromatic N) is 2. The van der Waals surface area contributed by atoms with Crippen LogP contribution in [0.4, 0.5) is 0 Å². The molecule has 0 aromatic heterocycles. The molecular formula is C25H33N3O3. The van der Waals surface area contributed by atoms with E-state index in [1.54, 1.807) is 14.2 Å². The minimum atomic E-state index is 0.197. The van der Waals surface area contributed by atoms with Gasteiger partial charge in [0, 0.05) is 38.8 Å². The smallest absolute Gasteiger partial charge is 0.236 e. The highest BCUT2D eigenvalue weighted by molar-refractivity contribution is 5.78. The van der Waals surface area contributed by atoms with Gasteiger partial charge >= 0.3 is 0 Å². The lowest BCUT2D eigenvalue weighted by Gasteiger charge is -2.35. The average molecular weight is 424 g/mol. The summed E-state index contributed by atoms with van der Waals surface area (Å²) in [4.78, 5) is 17.2. The van der Waals surface area contributed by atoms with Gasteiger partial charge in [0.25, 0.3) is 0 Å². The minimum Gasteiger partial charge on any atom is -0.497 e. The second kappa shape index (κ2) is 10.2. The monoisotopic (exact) mass is 423 g/mol. The molecule has 2 aliphatic rings. The molecular weight excluding hydrogens is 390 g/mol. The fraction of sp³-hybridized carbons (Fsp3) is 0.480. The van der Waals surface area contributed by atoms with Crippen molar-refractivity contribution < 1.29 is 14.3 Å².